The van der Waals surface area contributed by atoms with Crippen LogP contribution in [-0.2, 0) is 9.84 Å². The third-order valence-electron chi connectivity index (χ3n) is 4.64. The van der Waals surface area contributed by atoms with E-state index in [1.54, 1.807) is 36.4 Å². The first kappa shape index (κ1) is 15.9. The molecule has 2 N–H and O–H groups in total. The van der Waals surface area contributed by atoms with Crippen LogP contribution in [0.2, 0.25) is 0 Å². The van der Waals surface area contributed by atoms with Crippen molar-refractivity contribution in [3.05, 3.63) is 54.1 Å². The summed E-state index contributed by atoms with van der Waals surface area (Å²) in [6, 6.07) is 13.2. The van der Waals surface area contributed by atoms with Crippen molar-refractivity contribution in [2.75, 3.05) is 0 Å². The lowest BCUT2D eigenvalue weighted by Crippen LogP contribution is -2.26. The number of hydrogen-bond acceptors (Lipinski definition) is 4. The van der Waals surface area contributed by atoms with Gasteiger partial charge in [0, 0.05) is 6.07 Å². The average Bonchev–Trinajstić information content (AvgIpc) is 2.56. The first-order valence-corrected chi connectivity index (χ1v) is 9.34. The quantitative estimate of drug-likeness (QED) is 0.900. The van der Waals surface area contributed by atoms with Gasteiger partial charge in [0.25, 0.3) is 0 Å². The van der Waals surface area contributed by atoms with Crippen LogP contribution in [0, 0.1) is 0 Å². The number of hydrogen-bond donors (Lipinski definition) is 2. The van der Waals surface area contributed by atoms with Gasteiger partial charge in [-0.2, -0.15) is 0 Å². The maximum absolute atomic E-state index is 12.7. The minimum Gasteiger partial charge on any atom is -0.508 e. The molecule has 0 atom stereocenters. The number of phenols is 2. The molecule has 3 rings (SSSR count). The zero-order chi connectivity index (χ0) is 16.4. The Morgan fingerprint density at radius 2 is 1.52 bits per heavy atom. The van der Waals surface area contributed by atoms with E-state index in [1.807, 2.05) is 6.07 Å². The molecule has 1 aliphatic rings. The summed E-state index contributed by atoms with van der Waals surface area (Å²) in [6.45, 7) is 0. The van der Waals surface area contributed by atoms with Crippen LogP contribution < -0.4 is 0 Å². The van der Waals surface area contributed by atoms with Gasteiger partial charge in [0.15, 0.2) is 9.84 Å². The third-order valence-corrected chi connectivity index (χ3v) is 6.92. The summed E-state index contributed by atoms with van der Waals surface area (Å²) < 4.78 is 25.3. The standard InChI is InChI=1S/C18H20O4S/c19-14-8-11-17(18(20)12-14)13-6-9-16(10-7-13)23(21,22)15-4-2-1-3-5-15/h1-5,8,11-13,16,19-20H,6-7,9-10H2. The van der Waals surface area contributed by atoms with Gasteiger partial charge in [0.1, 0.15) is 11.5 Å². The highest BCUT2D eigenvalue weighted by molar-refractivity contribution is 7.92. The first-order valence-electron chi connectivity index (χ1n) is 7.79. The van der Waals surface area contributed by atoms with Crippen LogP contribution in [0.4, 0.5) is 0 Å². The molecule has 2 aromatic rings. The smallest absolute Gasteiger partial charge is 0.181 e. The minimum absolute atomic E-state index is 0.0339. The Balaban J connectivity index is 1.74. The minimum atomic E-state index is -3.29. The highest BCUT2D eigenvalue weighted by atomic mass is 32.2. The third kappa shape index (κ3) is 3.20. The highest BCUT2D eigenvalue weighted by Gasteiger charge is 2.33. The maximum atomic E-state index is 12.7. The van der Waals surface area contributed by atoms with Crippen molar-refractivity contribution in [3.63, 3.8) is 0 Å². The summed E-state index contributed by atoms with van der Waals surface area (Å²) in [5, 5.41) is 19.0. The van der Waals surface area contributed by atoms with E-state index in [0.29, 0.717) is 17.7 Å². The molecule has 0 aliphatic heterocycles. The van der Waals surface area contributed by atoms with Crippen LogP contribution in [0.3, 0.4) is 0 Å². The Morgan fingerprint density at radius 1 is 0.870 bits per heavy atom. The first-order chi connectivity index (χ1) is 11.0. The molecular formula is C18H20O4S. The Morgan fingerprint density at radius 3 is 2.13 bits per heavy atom. The Kier molecular flexibility index (Phi) is 4.31. The summed E-state index contributed by atoms with van der Waals surface area (Å²) in [5.74, 6) is 0.254. The topological polar surface area (TPSA) is 74.6 Å². The van der Waals surface area contributed by atoms with E-state index in [1.165, 1.54) is 6.07 Å². The van der Waals surface area contributed by atoms with E-state index >= 15 is 0 Å². The van der Waals surface area contributed by atoms with Gasteiger partial charge in [-0.1, -0.05) is 24.3 Å². The molecule has 0 saturated heterocycles. The van der Waals surface area contributed by atoms with E-state index < -0.39 is 9.84 Å². The molecule has 122 valence electrons. The van der Waals surface area contributed by atoms with Crippen molar-refractivity contribution >= 4 is 9.84 Å². The number of benzene rings is 2. The van der Waals surface area contributed by atoms with Crippen LogP contribution >= 0.6 is 0 Å². The molecule has 5 heteroatoms. The Labute approximate surface area is 136 Å². The van der Waals surface area contributed by atoms with Crippen LogP contribution in [0.5, 0.6) is 11.5 Å². The van der Waals surface area contributed by atoms with E-state index in [0.717, 1.165) is 18.4 Å². The lowest BCUT2D eigenvalue weighted by atomic mass is 9.83. The molecule has 0 bridgehead atoms. The van der Waals surface area contributed by atoms with Crippen LogP contribution in [0.1, 0.15) is 37.2 Å². The molecule has 4 nitrogen and oxygen atoms in total. The number of aromatic hydroxyl groups is 2. The molecular weight excluding hydrogens is 312 g/mol. The second kappa shape index (κ2) is 6.24. The molecule has 1 fully saturated rings. The lowest BCUT2D eigenvalue weighted by Gasteiger charge is -2.29. The highest BCUT2D eigenvalue weighted by Crippen LogP contribution is 2.40. The SMILES string of the molecule is O=S(=O)(c1ccccc1)C1CCC(c2ccc(O)cc2O)CC1. The predicted molar refractivity (Wildman–Crippen MR) is 88.4 cm³/mol. The van der Waals surface area contributed by atoms with E-state index in [4.69, 9.17) is 0 Å². The van der Waals surface area contributed by atoms with Crippen molar-refractivity contribution in [2.24, 2.45) is 0 Å². The summed E-state index contributed by atoms with van der Waals surface area (Å²) >= 11 is 0. The fourth-order valence-corrected chi connectivity index (χ4v) is 5.18. The van der Waals surface area contributed by atoms with Gasteiger partial charge < -0.3 is 10.2 Å². The molecule has 0 heterocycles. The number of rotatable bonds is 3. The van der Waals surface area contributed by atoms with Crippen molar-refractivity contribution in [3.8, 4) is 11.5 Å². The van der Waals surface area contributed by atoms with Crippen molar-refractivity contribution in [1.82, 2.24) is 0 Å². The van der Waals surface area contributed by atoms with Gasteiger partial charge in [-0.25, -0.2) is 8.42 Å². The summed E-state index contributed by atoms with van der Waals surface area (Å²) in [7, 11) is -3.29. The van der Waals surface area contributed by atoms with Gasteiger partial charge in [0.2, 0.25) is 0 Å². The van der Waals surface area contributed by atoms with E-state index in [-0.39, 0.29) is 22.7 Å². The van der Waals surface area contributed by atoms with Gasteiger partial charge >= 0.3 is 0 Å². The molecule has 23 heavy (non-hydrogen) atoms. The molecule has 0 aromatic heterocycles. The average molecular weight is 332 g/mol. The summed E-state index contributed by atoms with van der Waals surface area (Å²) in [4.78, 5) is 0.385. The Hall–Kier alpha value is -2.01. The normalized spacial score (nSPS) is 21.9. The number of phenolic OH excluding ortho intramolecular Hbond substituents is 2. The van der Waals surface area contributed by atoms with Gasteiger partial charge in [-0.15, -0.1) is 0 Å². The second-order valence-corrected chi connectivity index (χ2v) is 8.30. The van der Waals surface area contributed by atoms with Crippen LogP contribution in [0.25, 0.3) is 0 Å². The zero-order valence-electron chi connectivity index (χ0n) is 12.7. The molecule has 0 spiro atoms. The zero-order valence-corrected chi connectivity index (χ0v) is 13.5. The summed E-state index contributed by atoms with van der Waals surface area (Å²) in [5.41, 5.74) is 0.790. The van der Waals surface area contributed by atoms with Crippen molar-refractivity contribution < 1.29 is 18.6 Å². The van der Waals surface area contributed by atoms with Crippen LogP contribution in [-0.4, -0.2) is 23.9 Å². The van der Waals surface area contributed by atoms with Crippen LogP contribution in [0.15, 0.2) is 53.4 Å². The predicted octanol–water partition coefficient (Wildman–Crippen LogP) is 3.60. The fourth-order valence-electron chi connectivity index (χ4n) is 3.36. The largest absolute Gasteiger partial charge is 0.508 e. The molecule has 2 aromatic carbocycles. The summed E-state index contributed by atoms with van der Waals surface area (Å²) in [6.07, 6.45) is 2.61. The molecule has 1 saturated carbocycles. The van der Waals surface area contributed by atoms with Gasteiger partial charge in [-0.3, -0.25) is 0 Å². The molecule has 1 aliphatic carbocycles. The van der Waals surface area contributed by atoms with Gasteiger partial charge in [0.05, 0.1) is 10.1 Å². The van der Waals surface area contributed by atoms with Crippen molar-refractivity contribution in [2.45, 2.75) is 41.7 Å². The lowest BCUT2D eigenvalue weighted by molar-refractivity contribution is 0.406. The molecule has 0 amide bonds. The fraction of sp³-hybridized carbons (Fsp3) is 0.333. The number of sulfone groups is 1. The van der Waals surface area contributed by atoms with E-state index in [9.17, 15) is 18.6 Å². The maximum Gasteiger partial charge on any atom is 0.181 e. The Bertz CT molecular complexity index is 776. The monoisotopic (exact) mass is 332 g/mol. The second-order valence-electron chi connectivity index (χ2n) is 6.07. The van der Waals surface area contributed by atoms with Gasteiger partial charge in [-0.05, 0) is 55.4 Å². The van der Waals surface area contributed by atoms with E-state index in [2.05, 4.69) is 0 Å². The van der Waals surface area contributed by atoms with Crippen molar-refractivity contribution in [1.29, 1.82) is 0 Å². The molecule has 0 unspecified atom stereocenters. The molecule has 0 radical (unpaired) electrons.